The zero-order chi connectivity index (χ0) is 15.7. The van der Waals surface area contributed by atoms with Gasteiger partial charge in [-0.3, -0.25) is 9.69 Å². The van der Waals surface area contributed by atoms with E-state index in [1.54, 1.807) is 12.1 Å². The SMILES string of the molecule is CCN1CCCC1CNC(=O)c1ccc(Cl)c2c1OC(C)C2. The van der Waals surface area contributed by atoms with E-state index in [1.807, 2.05) is 6.92 Å². The van der Waals surface area contributed by atoms with Crippen LogP contribution < -0.4 is 10.1 Å². The van der Waals surface area contributed by atoms with Crippen LogP contribution in [0.15, 0.2) is 12.1 Å². The normalized spacial score (nSPS) is 24.1. The molecule has 0 aromatic heterocycles. The van der Waals surface area contributed by atoms with E-state index in [2.05, 4.69) is 17.1 Å². The van der Waals surface area contributed by atoms with Gasteiger partial charge in [0.05, 0.1) is 5.56 Å². The Morgan fingerprint density at radius 2 is 2.32 bits per heavy atom. The van der Waals surface area contributed by atoms with E-state index in [-0.39, 0.29) is 12.0 Å². The van der Waals surface area contributed by atoms with E-state index in [0.29, 0.717) is 28.9 Å². The summed E-state index contributed by atoms with van der Waals surface area (Å²) in [7, 11) is 0. The molecule has 1 aromatic rings. The molecule has 0 aliphatic carbocycles. The molecule has 0 bridgehead atoms. The van der Waals surface area contributed by atoms with Crippen molar-refractivity contribution in [2.75, 3.05) is 19.6 Å². The van der Waals surface area contributed by atoms with Crippen molar-refractivity contribution in [2.24, 2.45) is 0 Å². The van der Waals surface area contributed by atoms with E-state index < -0.39 is 0 Å². The van der Waals surface area contributed by atoms with Crippen LogP contribution in [0.4, 0.5) is 0 Å². The van der Waals surface area contributed by atoms with Crippen LogP contribution in [-0.4, -0.2) is 42.6 Å². The van der Waals surface area contributed by atoms with Crippen LogP contribution in [0.5, 0.6) is 5.75 Å². The Kier molecular flexibility index (Phi) is 4.59. The van der Waals surface area contributed by atoms with E-state index in [9.17, 15) is 4.79 Å². The lowest BCUT2D eigenvalue weighted by Crippen LogP contribution is -2.40. The molecule has 0 saturated carbocycles. The molecule has 1 amide bonds. The van der Waals surface area contributed by atoms with Gasteiger partial charge < -0.3 is 10.1 Å². The maximum Gasteiger partial charge on any atom is 0.255 e. The van der Waals surface area contributed by atoms with Gasteiger partial charge in [-0.05, 0) is 45.0 Å². The van der Waals surface area contributed by atoms with Gasteiger partial charge >= 0.3 is 0 Å². The van der Waals surface area contributed by atoms with Gasteiger partial charge in [-0.1, -0.05) is 18.5 Å². The van der Waals surface area contributed by atoms with Crippen LogP contribution in [0.1, 0.15) is 42.6 Å². The zero-order valence-corrected chi connectivity index (χ0v) is 13.9. The van der Waals surface area contributed by atoms with Crippen LogP contribution in [0.25, 0.3) is 0 Å². The summed E-state index contributed by atoms with van der Waals surface area (Å²) in [4.78, 5) is 14.9. The van der Waals surface area contributed by atoms with Crippen LogP contribution in [0, 0.1) is 0 Å². The highest BCUT2D eigenvalue weighted by molar-refractivity contribution is 6.31. The van der Waals surface area contributed by atoms with Gasteiger partial charge in [0.2, 0.25) is 0 Å². The van der Waals surface area contributed by atoms with E-state index in [4.69, 9.17) is 16.3 Å². The maximum absolute atomic E-state index is 12.5. The highest BCUT2D eigenvalue weighted by Crippen LogP contribution is 2.37. The number of halogens is 1. The van der Waals surface area contributed by atoms with Crippen molar-refractivity contribution >= 4 is 17.5 Å². The number of nitrogens with zero attached hydrogens (tertiary/aromatic N) is 1. The number of likely N-dealkylation sites (tertiary alicyclic amines) is 1. The van der Waals surface area contributed by atoms with Crippen molar-refractivity contribution in [3.05, 3.63) is 28.3 Å². The van der Waals surface area contributed by atoms with Gasteiger partial charge in [0.1, 0.15) is 11.9 Å². The number of ether oxygens (including phenoxy) is 1. The summed E-state index contributed by atoms with van der Waals surface area (Å²) in [5.41, 5.74) is 1.56. The Bertz CT molecular complexity index is 576. The fourth-order valence-corrected chi connectivity index (χ4v) is 3.71. The molecule has 3 rings (SSSR count). The van der Waals surface area contributed by atoms with E-state index in [1.165, 1.54) is 6.42 Å². The Hall–Kier alpha value is -1.26. The topological polar surface area (TPSA) is 41.6 Å². The minimum absolute atomic E-state index is 0.0648. The summed E-state index contributed by atoms with van der Waals surface area (Å²) < 4.78 is 5.80. The third kappa shape index (κ3) is 2.95. The molecule has 5 heteroatoms. The van der Waals surface area contributed by atoms with Crippen molar-refractivity contribution in [3.8, 4) is 5.75 Å². The van der Waals surface area contributed by atoms with Crippen molar-refractivity contribution in [1.82, 2.24) is 10.2 Å². The summed E-state index contributed by atoms with van der Waals surface area (Å²) in [6, 6.07) is 4.01. The van der Waals surface area contributed by atoms with Gasteiger partial charge in [0.25, 0.3) is 5.91 Å². The molecular weight excluding hydrogens is 300 g/mol. The first-order valence-electron chi connectivity index (χ1n) is 8.10. The molecular formula is C17H23ClN2O2. The quantitative estimate of drug-likeness (QED) is 0.926. The fraction of sp³-hybridized carbons (Fsp3) is 0.588. The number of fused-ring (bicyclic) bond motifs is 1. The van der Waals surface area contributed by atoms with Crippen LogP contribution in [0.2, 0.25) is 5.02 Å². The summed E-state index contributed by atoms with van der Waals surface area (Å²) in [6.45, 7) is 7.03. The summed E-state index contributed by atoms with van der Waals surface area (Å²) in [6.07, 6.45) is 3.21. The molecule has 22 heavy (non-hydrogen) atoms. The molecule has 2 aliphatic rings. The Balaban J connectivity index is 1.70. The molecule has 4 nitrogen and oxygen atoms in total. The monoisotopic (exact) mass is 322 g/mol. The molecule has 1 fully saturated rings. The average molecular weight is 323 g/mol. The first-order chi connectivity index (χ1) is 10.6. The largest absolute Gasteiger partial charge is 0.489 e. The Morgan fingerprint density at radius 1 is 1.50 bits per heavy atom. The molecule has 0 radical (unpaired) electrons. The third-order valence-electron chi connectivity index (χ3n) is 4.66. The van der Waals surface area contributed by atoms with Gasteiger partial charge in [-0.15, -0.1) is 0 Å². The molecule has 1 saturated heterocycles. The second-order valence-corrected chi connectivity index (χ2v) is 6.58. The summed E-state index contributed by atoms with van der Waals surface area (Å²) >= 11 is 6.21. The predicted molar refractivity (Wildman–Crippen MR) is 87.8 cm³/mol. The van der Waals surface area contributed by atoms with Gasteiger partial charge in [-0.2, -0.15) is 0 Å². The number of carbonyl (C=O) groups excluding carboxylic acids is 1. The molecule has 2 atom stereocenters. The number of rotatable bonds is 4. The van der Waals surface area contributed by atoms with Crippen LogP contribution in [-0.2, 0) is 6.42 Å². The lowest BCUT2D eigenvalue weighted by molar-refractivity contribution is 0.0937. The number of benzene rings is 1. The predicted octanol–water partition coefficient (Wildman–Crippen LogP) is 2.88. The summed E-state index contributed by atoms with van der Waals surface area (Å²) in [5.74, 6) is 0.598. The lowest BCUT2D eigenvalue weighted by Gasteiger charge is -2.23. The standard InChI is InChI=1S/C17H23ClN2O2/c1-3-20-8-4-5-12(20)10-19-17(21)13-6-7-15(18)14-9-11(2)22-16(13)14/h6-7,11-12H,3-5,8-10H2,1-2H3,(H,19,21). The van der Waals surface area contributed by atoms with Gasteiger partial charge in [-0.25, -0.2) is 0 Å². The fourth-order valence-electron chi connectivity index (χ4n) is 3.49. The molecule has 1 N–H and O–H groups in total. The molecule has 2 unspecified atom stereocenters. The first kappa shape index (κ1) is 15.6. The second kappa shape index (κ2) is 6.47. The smallest absolute Gasteiger partial charge is 0.255 e. The van der Waals surface area contributed by atoms with E-state index >= 15 is 0 Å². The third-order valence-corrected chi connectivity index (χ3v) is 5.02. The highest BCUT2D eigenvalue weighted by atomic mass is 35.5. The number of likely N-dealkylation sites (N-methyl/N-ethyl adjacent to an activating group) is 1. The van der Waals surface area contributed by atoms with Crippen molar-refractivity contribution in [1.29, 1.82) is 0 Å². The molecule has 120 valence electrons. The van der Waals surface area contributed by atoms with Crippen molar-refractivity contribution in [2.45, 2.75) is 45.3 Å². The Morgan fingerprint density at radius 3 is 3.09 bits per heavy atom. The minimum atomic E-state index is -0.0648. The first-order valence-corrected chi connectivity index (χ1v) is 8.48. The molecule has 1 aromatic carbocycles. The van der Waals surface area contributed by atoms with Crippen LogP contribution in [0.3, 0.4) is 0 Å². The number of hydrogen-bond donors (Lipinski definition) is 1. The molecule has 2 heterocycles. The van der Waals surface area contributed by atoms with Crippen molar-refractivity contribution < 1.29 is 9.53 Å². The van der Waals surface area contributed by atoms with Gasteiger partial charge in [0.15, 0.2) is 0 Å². The summed E-state index contributed by atoms with van der Waals surface area (Å²) in [5, 5.41) is 3.75. The maximum atomic E-state index is 12.5. The number of hydrogen-bond acceptors (Lipinski definition) is 3. The average Bonchev–Trinajstić information content (AvgIpc) is 3.11. The number of carbonyl (C=O) groups is 1. The van der Waals surface area contributed by atoms with E-state index in [0.717, 1.165) is 31.5 Å². The highest BCUT2D eigenvalue weighted by Gasteiger charge is 2.28. The zero-order valence-electron chi connectivity index (χ0n) is 13.2. The lowest BCUT2D eigenvalue weighted by atomic mass is 10.1. The Labute approximate surface area is 136 Å². The molecule has 0 spiro atoms. The van der Waals surface area contributed by atoms with Crippen LogP contribution >= 0.6 is 11.6 Å². The molecule has 2 aliphatic heterocycles. The van der Waals surface area contributed by atoms with Gasteiger partial charge in [0, 0.05) is 29.6 Å². The second-order valence-electron chi connectivity index (χ2n) is 6.17. The van der Waals surface area contributed by atoms with Crippen molar-refractivity contribution in [3.63, 3.8) is 0 Å². The number of amides is 1. The minimum Gasteiger partial charge on any atom is -0.489 e. The number of nitrogens with one attached hydrogen (secondary N) is 1.